The molecule has 136 valence electrons. The molecule has 0 aliphatic carbocycles. The summed E-state index contributed by atoms with van der Waals surface area (Å²) in [6.45, 7) is 8.14. The molecule has 0 aliphatic heterocycles. The van der Waals surface area contributed by atoms with Gasteiger partial charge in [-0.25, -0.2) is 4.79 Å². The fourth-order valence-electron chi connectivity index (χ4n) is 2.10. The van der Waals surface area contributed by atoms with Gasteiger partial charge < -0.3 is 15.2 Å². The van der Waals surface area contributed by atoms with Crippen LogP contribution >= 0.6 is 0 Å². The highest BCUT2D eigenvalue weighted by atomic mass is 16.5. The van der Waals surface area contributed by atoms with Gasteiger partial charge in [-0.2, -0.15) is 0 Å². The van der Waals surface area contributed by atoms with Gasteiger partial charge in [0.05, 0.1) is 0 Å². The van der Waals surface area contributed by atoms with Crippen LogP contribution in [0.2, 0.25) is 0 Å². The van der Waals surface area contributed by atoms with Crippen LogP contribution in [-0.4, -0.2) is 23.6 Å². The summed E-state index contributed by atoms with van der Waals surface area (Å²) >= 11 is 0. The summed E-state index contributed by atoms with van der Waals surface area (Å²) in [5.41, 5.74) is 3.90. The molecular formula is C20H27NO4. The largest absolute Gasteiger partial charge is 0.508 e. The van der Waals surface area contributed by atoms with Crippen molar-refractivity contribution in [3.05, 3.63) is 52.6 Å². The summed E-state index contributed by atoms with van der Waals surface area (Å²) in [6.07, 6.45) is 5.81. The van der Waals surface area contributed by atoms with Gasteiger partial charge in [-0.05, 0) is 63.8 Å². The predicted molar refractivity (Wildman–Crippen MR) is 98.1 cm³/mol. The first-order valence-corrected chi connectivity index (χ1v) is 8.32. The van der Waals surface area contributed by atoms with Crippen LogP contribution in [0.15, 0.2) is 41.5 Å². The van der Waals surface area contributed by atoms with E-state index in [0.29, 0.717) is 5.56 Å². The topological polar surface area (TPSA) is 75.6 Å². The van der Waals surface area contributed by atoms with E-state index in [-0.39, 0.29) is 18.9 Å². The molecule has 5 heteroatoms. The maximum atomic E-state index is 11.7. The van der Waals surface area contributed by atoms with Gasteiger partial charge in [0, 0.05) is 6.54 Å². The Morgan fingerprint density at radius 3 is 2.56 bits per heavy atom. The zero-order chi connectivity index (χ0) is 18.8. The minimum absolute atomic E-state index is 0.0885. The normalized spacial score (nSPS) is 11.0. The number of hydrogen-bond acceptors (Lipinski definition) is 4. The van der Waals surface area contributed by atoms with E-state index in [9.17, 15) is 14.7 Å². The third-order valence-corrected chi connectivity index (χ3v) is 3.64. The molecule has 0 unspecified atom stereocenters. The Kier molecular flexibility index (Phi) is 8.47. The average Bonchev–Trinajstić information content (AvgIpc) is 2.55. The fourth-order valence-corrected chi connectivity index (χ4v) is 2.10. The number of carbonyl (C=O) groups is 2. The van der Waals surface area contributed by atoms with Gasteiger partial charge in [0.2, 0.25) is 0 Å². The van der Waals surface area contributed by atoms with Crippen LogP contribution in [0.25, 0.3) is 0 Å². The Bertz CT molecular complexity index is 670. The molecule has 25 heavy (non-hydrogen) atoms. The van der Waals surface area contributed by atoms with Crippen molar-refractivity contribution in [2.45, 2.75) is 47.1 Å². The van der Waals surface area contributed by atoms with Crippen molar-refractivity contribution in [3.8, 4) is 5.75 Å². The molecule has 1 rings (SSSR count). The van der Waals surface area contributed by atoms with Crippen LogP contribution in [0.3, 0.4) is 0 Å². The molecule has 0 radical (unpaired) electrons. The number of esters is 1. The summed E-state index contributed by atoms with van der Waals surface area (Å²) < 4.78 is 4.95. The Labute approximate surface area is 149 Å². The van der Waals surface area contributed by atoms with Gasteiger partial charge in [-0.15, -0.1) is 0 Å². The SMILES string of the molecule is CC(C)=CCC/C(C)=C/COC(=O)C(=O)NCc1ccc(O)c(C)c1. The number of amides is 1. The average molecular weight is 345 g/mol. The lowest BCUT2D eigenvalue weighted by Crippen LogP contribution is -2.32. The number of nitrogens with one attached hydrogen (secondary N) is 1. The van der Waals surface area contributed by atoms with Gasteiger partial charge in [0.25, 0.3) is 0 Å². The van der Waals surface area contributed by atoms with Crippen LogP contribution in [0.4, 0.5) is 0 Å². The van der Waals surface area contributed by atoms with Gasteiger partial charge in [0.15, 0.2) is 0 Å². The molecule has 0 saturated heterocycles. The standard InChI is InChI=1S/C20H27NO4/c1-14(2)6-5-7-15(3)10-11-25-20(24)19(23)21-13-17-8-9-18(22)16(4)12-17/h6,8-10,12,22H,5,7,11,13H2,1-4H3,(H,21,23)/b15-10+. The van der Waals surface area contributed by atoms with Crippen LogP contribution in [-0.2, 0) is 20.9 Å². The Balaban J connectivity index is 2.35. The highest BCUT2D eigenvalue weighted by Gasteiger charge is 2.14. The number of ether oxygens (including phenoxy) is 1. The van der Waals surface area contributed by atoms with E-state index in [4.69, 9.17) is 4.74 Å². The molecule has 5 nitrogen and oxygen atoms in total. The predicted octanol–water partition coefficient (Wildman–Crippen LogP) is 3.55. The van der Waals surface area contributed by atoms with E-state index in [1.807, 2.05) is 13.0 Å². The van der Waals surface area contributed by atoms with E-state index < -0.39 is 11.9 Å². The van der Waals surface area contributed by atoms with Gasteiger partial charge in [0.1, 0.15) is 12.4 Å². The molecule has 0 saturated carbocycles. The number of rotatable bonds is 7. The third-order valence-electron chi connectivity index (χ3n) is 3.64. The van der Waals surface area contributed by atoms with Crippen LogP contribution < -0.4 is 5.32 Å². The second-order valence-corrected chi connectivity index (χ2v) is 6.27. The summed E-state index contributed by atoms with van der Waals surface area (Å²) in [7, 11) is 0. The van der Waals surface area contributed by atoms with Gasteiger partial charge >= 0.3 is 11.9 Å². The lowest BCUT2D eigenvalue weighted by Gasteiger charge is -2.07. The number of carbonyl (C=O) groups excluding carboxylic acids is 2. The van der Waals surface area contributed by atoms with Crippen molar-refractivity contribution in [2.75, 3.05) is 6.61 Å². The third kappa shape index (κ3) is 8.20. The highest BCUT2D eigenvalue weighted by Crippen LogP contribution is 2.16. The zero-order valence-corrected chi connectivity index (χ0v) is 15.4. The molecule has 0 spiro atoms. The number of allylic oxidation sites excluding steroid dienone is 3. The zero-order valence-electron chi connectivity index (χ0n) is 15.4. The van der Waals surface area contributed by atoms with Gasteiger partial charge in [-0.3, -0.25) is 4.79 Å². The summed E-state index contributed by atoms with van der Waals surface area (Å²) in [4.78, 5) is 23.4. The minimum Gasteiger partial charge on any atom is -0.508 e. The molecule has 1 aromatic carbocycles. The van der Waals surface area contributed by atoms with E-state index in [1.54, 1.807) is 25.1 Å². The first-order valence-electron chi connectivity index (χ1n) is 8.32. The number of benzene rings is 1. The molecule has 2 N–H and O–H groups in total. The molecular weight excluding hydrogens is 318 g/mol. The molecule has 0 atom stereocenters. The van der Waals surface area contributed by atoms with Crippen molar-refractivity contribution in [3.63, 3.8) is 0 Å². The second kappa shape index (κ2) is 10.3. The van der Waals surface area contributed by atoms with Crippen molar-refractivity contribution in [1.82, 2.24) is 5.32 Å². The Morgan fingerprint density at radius 2 is 1.92 bits per heavy atom. The smallest absolute Gasteiger partial charge is 0.397 e. The van der Waals surface area contributed by atoms with Crippen LogP contribution in [0, 0.1) is 6.92 Å². The maximum absolute atomic E-state index is 11.7. The van der Waals surface area contributed by atoms with Crippen LogP contribution in [0.5, 0.6) is 5.75 Å². The number of phenolic OH excluding ortho intramolecular Hbond substituents is 1. The summed E-state index contributed by atoms with van der Waals surface area (Å²) in [6, 6.07) is 4.99. The minimum atomic E-state index is -0.899. The first kappa shape index (κ1) is 20.5. The fraction of sp³-hybridized carbons (Fsp3) is 0.400. The van der Waals surface area contributed by atoms with Crippen molar-refractivity contribution < 1.29 is 19.4 Å². The number of phenols is 1. The molecule has 1 aromatic rings. The lowest BCUT2D eigenvalue weighted by molar-refractivity contribution is -0.154. The maximum Gasteiger partial charge on any atom is 0.397 e. The summed E-state index contributed by atoms with van der Waals surface area (Å²) in [5.74, 6) is -1.48. The number of aromatic hydroxyl groups is 1. The second-order valence-electron chi connectivity index (χ2n) is 6.27. The number of aryl methyl sites for hydroxylation is 1. The van der Waals surface area contributed by atoms with E-state index >= 15 is 0 Å². The quantitative estimate of drug-likeness (QED) is 0.450. The summed E-state index contributed by atoms with van der Waals surface area (Å²) in [5, 5.41) is 12.0. The van der Waals surface area contributed by atoms with E-state index in [0.717, 1.165) is 24.0 Å². The van der Waals surface area contributed by atoms with Crippen LogP contribution in [0.1, 0.15) is 44.7 Å². The molecule has 1 amide bonds. The lowest BCUT2D eigenvalue weighted by atomic mass is 10.1. The highest BCUT2D eigenvalue weighted by molar-refractivity contribution is 6.32. The van der Waals surface area contributed by atoms with Gasteiger partial charge in [-0.1, -0.05) is 29.4 Å². The van der Waals surface area contributed by atoms with Crippen molar-refractivity contribution >= 4 is 11.9 Å². The van der Waals surface area contributed by atoms with Crippen molar-refractivity contribution in [2.24, 2.45) is 0 Å². The molecule has 0 heterocycles. The van der Waals surface area contributed by atoms with Crippen molar-refractivity contribution in [1.29, 1.82) is 0 Å². The number of hydrogen-bond donors (Lipinski definition) is 2. The Morgan fingerprint density at radius 1 is 1.20 bits per heavy atom. The molecule has 0 aliphatic rings. The molecule has 0 bridgehead atoms. The van der Waals surface area contributed by atoms with E-state index in [1.165, 1.54) is 5.57 Å². The molecule has 0 fully saturated rings. The molecule has 0 aromatic heterocycles. The first-order chi connectivity index (χ1) is 11.8. The monoisotopic (exact) mass is 345 g/mol. The van der Waals surface area contributed by atoms with E-state index in [2.05, 4.69) is 25.2 Å². The Hall–Kier alpha value is -2.56.